The van der Waals surface area contributed by atoms with Gasteiger partial charge in [-0.25, -0.2) is 0 Å². The normalized spacial score (nSPS) is 10.3. The molecule has 0 atom stereocenters. The van der Waals surface area contributed by atoms with Crippen molar-refractivity contribution in [3.63, 3.8) is 0 Å². The van der Waals surface area contributed by atoms with Crippen molar-refractivity contribution in [3.8, 4) is 0 Å². The number of hydrogen-bond donors (Lipinski definition) is 2. The largest absolute Gasteiger partial charge is 0.362 e. The van der Waals surface area contributed by atoms with Gasteiger partial charge in [0.05, 0.1) is 10.7 Å². The second kappa shape index (κ2) is 8.99. The molecule has 2 nitrogen and oxygen atoms in total. The first-order valence-corrected chi connectivity index (χ1v) is 8.35. The van der Waals surface area contributed by atoms with E-state index in [9.17, 15) is 0 Å². The van der Waals surface area contributed by atoms with Crippen LogP contribution in [-0.4, -0.2) is 11.7 Å². The lowest BCUT2D eigenvalue weighted by Crippen LogP contribution is -2.29. The number of unbranched alkanes of at least 4 members (excludes halogenated alkanes) is 1. The van der Waals surface area contributed by atoms with Gasteiger partial charge in [0.15, 0.2) is 5.11 Å². The van der Waals surface area contributed by atoms with Gasteiger partial charge in [-0.1, -0.05) is 53.5 Å². The topological polar surface area (TPSA) is 24.1 Å². The minimum atomic E-state index is 0.556. The summed E-state index contributed by atoms with van der Waals surface area (Å²) in [6.45, 7) is 0.837. The molecule has 0 aliphatic heterocycles. The van der Waals surface area contributed by atoms with Gasteiger partial charge in [0, 0.05) is 11.6 Å². The van der Waals surface area contributed by atoms with E-state index in [4.69, 9.17) is 35.4 Å². The van der Waals surface area contributed by atoms with Gasteiger partial charge in [0.25, 0.3) is 0 Å². The van der Waals surface area contributed by atoms with Gasteiger partial charge in [0.2, 0.25) is 0 Å². The zero-order chi connectivity index (χ0) is 15.8. The first-order chi connectivity index (χ1) is 10.6. The molecule has 5 heteroatoms. The van der Waals surface area contributed by atoms with E-state index < -0.39 is 0 Å². The Morgan fingerprint density at radius 3 is 2.50 bits per heavy atom. The Bertz CT molecular complexity index is 617. The van der Waals surface area contributed by atoms with E-state index in [-0.39, 0.29) is 0 Å². The highest BCUT2D eigenvalue weighted by Crippen LogP contribution is 2.25. The molecule has 0 aliphatic rings. The summed E-state index contributed by atoms with van der Waals surface area (Å²) < 4.78 is 0. The van der Waals surface area contributed by atoms with Gasteiger partial charge in [-0.3, -0.25) is 0 Å². The molecule has 0 fully saturated rings. The van der Waals surface area contributed by atoms with Crippen molar-refractivity contribution < 1.29 is 0 Å². The van der Waals surface area contributed by atoms with E-state index in [0.717, 1.165) is 31.5 Å². The Hall–Kier alpha value is -1.29. The number of thiocarbonyl (C=S) groups is 1. The molecule has 0 aliphatic carbocycles. The molecule has 0 spiro atoms. The van der Waals surface area contributed by atoms with Crippen LogP contribution in [0, 0.1) is 0 Å². The predicted molar refractivity (Wildman–Crippen MR) is 100 cm³/mol. The van der Waals surface area contributed by atoms with Crippen LogP contribution in [0.4, 0.5) is 5.69 Å². The number of hydrogen-bond acceptors (Lipinski definition) is 1. The van der Waals surface area contributed by atoms with Crippen molar-refractivity contribution in [1.82, 2.24) is 5.32 Å². The number of halogens is 2. The standard InChI is InChI=1S/C17H18Cl2N2S/c18-14-9-10-16(15(19)12-14)21-17(22)20-11-5-4-8-13-6-2-1-3-7-13/h1-3,6-7,9-10,12H,4-5,8,11H2,(H2,20,21,22). The monoisotopic (exact) mass is 352 g/mol. The molecule has 0 aromatic heterocycles. The molecule has 0 saturated carbocycles. The van der Waals surface area contributed by atoms with Crippen molar-refractivity contribution in [2.45, 2.75) is 19.3 Å². The molecule has 0 unspecified atom stereocenters. The van der Waals surface area contributed by atoms with E-state index in [1.807, 2.05) is 12.1 Å². The van der Waals surface area contributed by atoms with Crippen LogP contribution in [0.1, 0.15) is 18.4 Å². The third-order valence-corrected chi connectivity index (χ3v) is 3.99. The highest BCUT2D eigenvalue weighted by molar-refractivity contribution is 7.80. The summed E-state index contributed by atoms with van der Waals surface area (Å²) in [5, 5.41) is 8.00. The zero-order valence-corrected chi connectivity index (χ0v) is 14.4. The fourth-order valence-electron chi connectivity index (χ4n) is 2.06. The summed E-state index contributed by atoms with van der Waals surface area (Å²) in [4.78, 5) is 0. The molecular formula is C17H18Cl2N2S. The number of benzene rings is 2. The van der Waals surface area contributed by atoms with Gasteiger partial charge in [0.1, 0.15) is 0 Å². The minimum Gasteiger partial charge on any atom is -0.362 e. The molecular weight excluding hydrogens is 335 g/mol. The molecule has 2 N–H and O–H groups in total. The van der Waals surface area contributed by atoms with Crippen molar-refractivity contribution >= 4 is 46.2 Å². The molecule has 2 rings (SSSR count). The SMILES string of the molecule is S=C(NCCCCc1ccccc1)Nc1ccc(Cl)cc1Cl. The number of anilines is 1. The molecule has 0 heterocycles. The second-order valence-electron chi connectivity index (χ2n) is 4.95. The first kappa shape index (κ1) is 17.1. The summed E-state index contributed by atoms with van der Waals surface area (Å²) >= 11 is 17.2. The van der Waals surface area contributed by atoms with Gasteiger partial charge in [-0.05, 0) is 55.2 Å². The van der Waals surface area contributed by atoms with Crippen LogP contribution in [0.3, 0.4) is 0 Å². The Kier molecular flexibility index (Phi) is 6.97. The predicted octanol–water partition coefficient (Wildman–Crippen LogP) is 5.30. The fourth-order valence-corrected chi connectivity index (χ4v) is 2.73. The lowest BCUT2D eigenvalue weighted by molar-refractivity contribution is 0.711. The summed E-state index contributed by atoms with van der Waals surface area (Å²) in [5.74, 6) is 0. The molecule has 0 amide bonds. The summed E-state index contributed by atoms with van der Waals surface area (Å²) in [6.07, 6.45) is 3.28. The lowest BCUT2D eigenvalue weighted by atomic mass is 10.1. The number of rotatable bonds is 6. The maximum Gasteiger partial charge on any atom is 0.170 e. The molecule has 2 aromatic carbocycles. The summed E-state index contributed by atoms with van der Waals surface area (Å²) in [7, 11) is 0. The minimum absolute atomic E-state index is 0.556. The Morgan fingerprint density at radius 1 is 1.00 bits per heavy atom. The highest BCUT2D eigenvalue weighted by atomic mass is 35.5. The van der Waals surface area contributed by atoms with Crippen LogP contribution < -0.4 is 10.6 Å². The van der Waals surface area contributed by atoms with Crippen molar-refractivity contribution in [1.29, 1.82) is 0 Å². The third-order valence-electron chi connectivity index (χ3n) is 3.20. The zero-order valence-electron chi connectivity index (χ0n) is 12.1. The van der Waals surface area contributed by atoms with Crippen LogP contribution in [-0.2, 0) is 6.42 Å². The quantitative estimate of drug-likeness (QED) is 0.544. The van der Waals surface area contributed by atoms with E-state index in [0.29, 0.717) is 15.2 Å². The van der Waals surface area contributed by atoms with Crippen LogP contribution in [0.15, 0.2) is 48.5 Å². The molecule has 0 saturated heterocycles. The van der Waals surface area contributed by atoms with Crippen molar-refractivity contribution in [3.05, 3.63) is 64.1 Å². The van der Waals surface area contributed by atoms with Gasteiger partial charge < -0.3 is 10.6 Å². The average molecular weight is 353 g/mol. The van der Waals surface area contributed by atoms with Crippen molar-refractivity contribution in [2.75, 3.05) is 11.9 Å². The third kappa shape index (κ3) is 5.84. The maximum absolute atomic E-state index is 6.09. The lowest BCUT2D eigenvalue weighted by Gasteiger charge is -2.11. The van der Waals surface area contributed by atoms with E-state index in [2.05, 4.69) is 34.9 Å². The molecule has 0 bridgehead atoms. The van der Waals surface area contributed by atoms with Crippen LogP contribution >= 0.6 is 35.4 Å². The van der Waals surface area contributed by atoms with Crippen molar-refractivity contribution in [2.24, 2.45) is 0 Å². The van der Waals surface area contributed by atoms with Crippen LogP contribution in [0.25, 0.3) is 0 Å². The highest BCUT2D eigenvalue weighted by Gasteiger charge is 2.03. The van der Waals surface area contributed by atoms with E-state index >= 15 is 0 Å². The van der Waals surface area contributed by atoms with Gasteiger partial charge >= 0.3 is 0 Å². The Labute approximate surface area is 146 Å². The molecule has 22 heavy (non-hydrogen) atoms. The van der Waals surface area contributed by atoms with Gasteiger partial charge in [-0.2, -0.15) is 0 Å². The second-order valence-corrected chi connectivity index (χ2v) is 6.20. The molecule has 116 valence electrons. The fraction of sp³-hybridized carbons (Fsp3) is 0.235. The smallest absolute Gasteiger partial charge is 0.170 e. The van der Waals surface area contributed by atoms with Crippen LogP contribution in [0.2, 0.25) is 10.0 Å². The molecule has 2 aromatic rings. The average Bonchev–Trinajstić information content (AvgIpc) is 2.51. The van der Waals surface area contributed by atoms with Crippen LogP contribution in [0.5, 0.6) is 0 Å². The maximum atomic E-state index is 6.09. The van der Waals surface area contributed by atoms with E-state index in [1.165, 1.54) is 5.56 Å². The number of aryl methyl sites for hydroxylation is 1. The first-order valence-electron chi connectivity index (χ1n) is 7.19. The molecule has 0 radical (unpaired) electrons. The van der Waals surface area contributed by atoms with Gasteiger partial charge in [-0.15, -0.1) is 0 Å². The number of nitrogens with one attached hydrogen (secondary N) is 2. The summed E-state index contributed by atoms with van der Waals surface area (Å²) in [5.41, 5.74) is 2.13. The van der Waals surface area contributed by atoms with E-state index in [1.54, 1.807) is 12.1 Å². The Balaban J connectivity index is 1.65. The Morgan fingerprint density at radius 2 is 1.77 bits per heavy atom. The summed E-state index contributed by atoms with van der Waals surface area (Å²) in [6, 6.07) is 15.8.